The summed E-state index contributed by atoms with van der Waals surface area (Å²) in [7, 11) is 1.72. The van der Waals surface area contributed by atoms with Gasteiger partial charge < -0.3 is 19.5 Å². The summed E-state index contributed by atoms with van der Waals surface area (Å²) >= 11 is 6.33. The van der Waals surface area contributed by atoms with Crippen LogP contribution in [0.25, 0.3) is 21.7 Å². The first-order chi connectivity index (χ1) is 19.9. The van der Waals surface area contributed by atoms with Crippen molar-refractivity contribution < 1.29 is 9.13 Å². The lowest BCUT2D eigenvalue weighted by Crippen LogP contribution is -2.65. The molecule has 7 nitrogen and oxygen atoms in total. The van der Waals surface area contributed by atoms with Gasteiger partial charge in [-0.25, -0.2) is 4.39 Å². The molecule has 2 aliphatic rings. The summed E-state index contributed by atoms with van der Waals surface area (Å²) in [5.74, 6) is 0.454. The van der Waals surface area contributed by atoms with Gasteiger partial charge in [-0.1, -0.05) is 41.9 Å². The van der Waals surface area contributed by atoms with Crippen molar-refractivity contribution in [3.63, 3.8) is 0 Å². The molecular weight excluding hydrogens is 541 g/mol. The summed E-state index contributed by atoms with van der Waals surface area (Å²) in [6.45, 7) is 4.18. The number of aromatic nitrogens is 3. The van der Waals surface area contributed by atoms with Crippen LogP contribution < -0.4 is 15.6 Å². The molecule has 41 heavy (non-hydrogen) atoms. The minimum Gasteiger partial charge on any atom is -0.490 e. The maximum absolute atomic E-state index is 14.8. The van der Waals surface area contributed by atoms with E-state index in [-0.39, 0.29) is 22.9 Å². The molecule has 0 unspecified atom stereocenters. The highest BCUT2D eigenvalue weighted by molar-refractivity contribution is 6.35. The van der Waals surface area contributed by atoms with Gasteiger partial charge in [-0.15, -0.1) is 0 Å². The minimum absolute atomic E-state index is 0.121. The summed E-state index contributed by atoms with van der Waals surface area (Å²) in [5, 5.41) is 10.3. The number of hydrogen-bond donors (Lipinski definition) is 1. The van der Waals surface area contributed by atoms with Crippen LogP contribution in [0, 0.1) is 11.2 Å². The van der Waals surface area contributed by atoms with Gasteiger partial charge in [0.1, 0.15) is 11.6 Å². The molecule has 1 saturated heterocycles. The highest BCUT2D eigenvalue weighted by Gasteiger charge is 2.53. The second kappa shape index (κ2) is 10.2. The van der Waals surface area contributed by atoms with Gasteiger partial charge in [-0.05, 0) is 48.7 Å². The van der Waals surface area contributed by atoms with E-state index in [1.165, 1.54) is 4.57 Å². The number of anilines is 1. The monoisotopic (exact) mass is 571 g/mol. The third kappa shape index (κ3) is 4.85. The molecular formula is C32H31ClFN5O2. The first kappa shape index (κ1) is 26.0. The number of pyridine rings is 1. The molecule has 5 aromatic rings. The fourth-order valence-corrected chi connectivity index (χ4v) is 6.69. The lowest BCUT2D eigenvalue weighted by Gasteiger charge is -2.58. The third-order valence-electron chi connectivity index (χ3n) is 8.54. The van der Waals surface area contributed by atoms with Gasteiger partial charge in [0.2, 0.25) is 0 Å². The van der Waals surface area contributed by atoms with Crippen LogP contribution in [-0.2, 0) is 13.6 Å². The number of nitrogens with zero attached hydrogens (tertiary/aromatic N) is 4. The summed E-state index contributed by atoms with van der Waals surface area (Å²) in [4.78, 5) is 15.0. The first-order valence-electron chi connectivity index (χ1n) is 14.0. The molecule has 0 bridgehead atoms. The number of rotatable bonds is 8. The minimum atomic E-state index is -0.261. The number of nitrogens with one attached hydrogen (secondary N) is 1. The largest absolute Gasteiger partial charge is 0.490 e. The molecule has 0 atom stereocenters. The average Bonchev–Trinajstić information content (AvgIpc) is 3.30. The Morgan fingerprint density at radius 1 is 1.12 bits per heavy atom. The fraction of sp³-hybridized carbons (Fsp3) is 0.312. The molecule has 0 amide bonds. The Hall–Kier alpha value is -3.88. The van der Waals surface area contributed by atoms with Gasteiger partial charge in [-0.2, -0.15) is 5.10 Å². The molecule has 0 radical (unpaired) electrons. The Balaban J connectivity index is 0.922. The quantitative estimate of drug-likeness (QED) is 0.259. The van der Waals surface area contributed by atoms with E-state index in [0.29, 0.717) is 34.9 Å². The van der Waals surface area contributed by atoms with Gasteiger partial charge in [0.15, 0.2) is 0 Å². The molecule has 1 saturated carbocycles. The number of benzene rings is 3. The smallest absolute Gasteiger partial charge is 0.259 e. The molecule has 2 fully saturated rings. The number of fused-ring (bicyclic) bond motifs is 2. The second-order valence-electron chi connectivity index (χ2n) is 11.5. The van der Waals surface area contributed by atoms with E-state index in [0.717, 1.165) is 54.3 Å². The Morgan fingerprint density at radius 3 is 2.73 bits per heavy atom. The van der Waals surface area contributed by atoms with E-state index in [4.69, 9.17) is 16.3 Å². The molecule has 1 N–H and O–H groups in total. The molecule has 3 aromatic carbocycles. The maximum atomic E-state index is 14.8. The summed E-state index contributed by atoms with van der Waals surface area (Å²) in [5.41, 5.74) is 2.74. The standard InChI is InChI=1S/C32H31ClFN5O2/c1-37-11-9-24-29(8-7-25(33)30(24)31(37)40)41-23-15-32(16-23)19-38(20-32)12-10-35-27-14-28-22(13-26(27)34)17-36-39(28)18-21-5-3-2-4-6-21/h2-9,11,13-14,17,23,35H,10,12,15-16,18-20H2,1H3. The Labute approximate surface area is 242 Å². The van der Waals surface area contributed by atoms with Crippen molar-refractivity contribution in [3.05, 3.63) is 99.8 Å². The zero-order valence-corrected chi connectivity index (χ0v) is 23.6. The Morgan fingerprint density at radius 2 is 1.93 bits per heavy atom. The zero-order valence-electron chi connectivity index (χ0n) is 22.8. The molecule has 7 rings (SSSR count). The summed E-state index contributed by atoms with van der Waals surface area (Å²) < 4.78 is 24.6. The number of aryl methyl sites for hydroxylation is 1. The van der Waals surface area contributed by atoms with Crippen LogP contribution in [0.2, 0.25) is 5.02 Å². The highest BCUT2D eigenvalue weighted by Crippen LogP contribution is 2.50. The third-order valence-corrected chi connectivity index (χ3v) is 8.85. The van der Waals surface area contributed by atoms with Crippen LogP contribution in [0.3, 0.4) is 0 Å². The van der Waals surface area contributed by atoms with Crippen molar-refractivity contribution in [2.75, 3.05) is 31.5 Å². The molecule has 1 spiro atoms. The summed E-state index contributed by atoms with van der Waals surface area (Å²) in [6.07, 6.45) is 5.57. The topological polar surface area (TPSA) is 64.3 Å². The predicted octanol–water partition coefficient (Wildman–Crippen LogP) is 5.68. The average molecular weight is 572 g/mol. The van der Waals surface area contributed by atoms with Crippen molar-refractivity contribution in [2.24, 2.45) is 12.5 Å². The van der Waals surface area contributed by atoms with E-state index >= 15 is 0 Å². The van der Waals surface area contributed by atoms with Crippen LogP contribution in [0.5, 0.6) is 5.75 Å². The maximum Gasteiger partial charge on any atom is 0.259 e. The van der Waals surface area contributed by atoms with E-state index in [2.05, 4.69) is 27.4 Å². The number of ether oxygens (including phenoxy) is 1. The molecule has 9 heteroatoms. The van der Waals surface area contributed by atoms with E-state index < -0.39 is 0 Å². The van der Waals surface area contributed by atoms with Crippen molar-refractivity contribution in [3.8, 4) is 5.75 Å². The molecule has 2 aromatic heterocycles. The van der Waals surface area contributed by atoms with E-state index in [1.54, 1.807) is 31.6 Å². The fourth-order valence-electron chi connectivity index (χ4n) is 6.44. The Bertz CT molecular complexity index is 1800. The van der Waals surface area contributed by atoms with Crippen LogP contribution >= 0.6 is 11.6 Å². The van der Waals surface area contributed by atoms with Gasteiger partial charge >= 0.3 is 0 Å². The van der Waals surface area contributed by atoms with E-state index in [9.17, 15) is 9.18 Å². The normalized spacial score (nSPS) is 16.7. The van der Waals surface area contributed by atoms with E-state index in [1.807, 2.05) is 41.1 Å². The lowest BCUT2D eigenvalue weighted by atomic mass is 9.62. The lowest BCUT2D eigenvalue weighted by molar-refractivity contribution is -0.117. The van der Waals surface area contributed by atoms with Crippen molar-refractivity contribution in [1.82, 2.24) is 19.2 Å². The van der Waals surface area contributed by atoms with Gasteiger partial charge in [0.25, 0.3) is 5.56 Å². The van der Waals surface area contributed by atoms with Crippen molar-refractivity contribution >= 4 is 39.0 Å². The first-order valence-corrected chi connectivity index (χ1v) is 14.4. The summed E-state index contributed by atoms with van der Waals surface area (Å²) in [6, 6.07) is 19.1. The van der Waals surface area contributed by atoms with Gasteiger partial charge in [-0.3, -0.25) is 9.48 Å². The van der Waals surface area contributed by atoms with Crippen molar-refractivity contribution in [2.45, 2.75) is 25.5 Å². The van der Waals surface area contributed by atoms with Gasteiger partial charge in [0, 0.05) is 55.6 Å². The molecule has 1 aliphatic carbocycles. The molecule has 1 aliphatic heterocycles. The zero-order chi connectivity index (χ0) is 28.1. The van der Waals surface area contributed by atoms with Crippen LogP contribution in [0.15, 0.2) is 77.9 Å². The SMILES string of the molecule is Cn1ccc2c(OC3CC4(C3)CN(CCNc3cc5c(cnn5Cc5ccccc5)cc3F)C4)ccc(Cl)c2c1=O. The highest BCUT2D eigenvalue weighted by atomic mass is 35.5. The Kier molecular flexibility index (Phi) is 6.47. The number of hydrogen-bond acceptors (Lipinski definition) is 5. The second-order valence-corrected chi connectivity index (χ2v) is 11.9. The van der Waals surface area contributed by atoms with Crippen LogP contribution in [0.1, 0.15) is 18.4 Å². The predicted molar refractivity (Wildman–Crippen MR) is 160 cm³/mol. The van der Waals surface area contributed by atoms with Crippen LogP contribution in [-0.4, -0.2) is 51.5 Å². The number of halogens is 2. The number of likely N-dealkylation sites (tertiary alicyclic amines) is 1. The molecule has 3 heterocycles. The van der Waals surface area contributed by atoms with Crippen molar-refractivity contribution in [1.29, 1.82) is 0 Å². The van der Waals surface area contributed by atoms with Crippen LogP contribution in [0.4, 0.5) is 10.1 Å². The van der Waals surface area contributed by atoms with Gasteiger partial charge in [0.05, 0.1) is 40.5 Å². The molecule has 210 valence electrons.